The number of aryl methyl sites for hydroxylation is 2. The van der Waals surface area contributed by atoms with Crippen molar-refractivity contribution in [2.24, 2.45) is 0 Å². The summed E-state index contributed by atoms with van der Waals surface area (Å²) in [6.07, 6.45) is 2.52. The Morgan fingerprint density at radius 2 is 2.29 bits per heavy atom. The zero-order chi connectivity index (χ0) is 15.6. The maximum Gasteiger partial charge on any atom is 0.381 e. The Morgan fingerprint density at radius 3 is 2.86 bits per heavy atom. The van der Waals surface area contributed by atoms with E-state index in [4.69, 9.17) is 5.11 Å². The highest BCUT2D eigenvalue weighted by Gasteiger charge is 2.33. The van der Waals surface area contributed by atoms with Gasteiger partial charge in [-0.05, 0) is 22.7 Å². The molecule has 0 spiro atoms. The highest BCUT2D eigenvalue weighted by atomic mass is 16.6. The lowest BCUT2D eigenvalue weighted by atomic mass is 10.2. The standard InChI is InChI=1S/C12H16N4O5/c1-8-13-10(16(20)21)7-14(8)6-4-11(17)15-5-2-3-9(15)12(18)19/h7,9H,2-6H2,1H3,(H,18,19)/t9-/m1/s1. The molecule has 114 valence electrons. The highest BCUT2D eigenvalue weighted by molar-refractivity contribution is 5.84. The molecule has 2 heterocycles. The number of carbonyl (C=O) groups excluding carboxylic acids is 1. The molecule has 1 atom stereocenters. The first kappa shape index (κ1) is 14.9. The Bertz CT molecular complexity index is 582. The fourth-order valence-electron chi connectivity index (χ4n) is 2.49. The van der Waals surface area contributed by atoms with Gasteiger partial charge in [0, 0.05) is 26.4 Å². The molecular weight excluding hydrogens is 280 g/mol. The van der Waals surface area contributed by atoms with Gasteiger partial charge in [-0.15, -0.1) is 0 Å². The predicted molar refractivity (Wildman–Crippen MR) is 70.6 cm³/mol. The van der Waals surface area contributed by atoms with E-state index >= 15 is 0 Å². The fourth-order valence-corrected chi connectivity index (χ4v) is 2.49. The van der Waals surface area contributed by atoms with E-state index in [9.17, 15) is 19.7 Å². The summed E-state index contributed by atoms with van der Waals surface area (Å²) in [5.41, 5.74) is 0. The Hall–Kier alpha value is -2.45. The van der Waals surface area contributed by atoms with Crippen LogP contribution in [0, 0.1) is 17.0 Å². The molecule has 9 heteroatoms. The van der Waals surface area contributed by atoms with E-state index < -0.39 is 16.9 Å². The van der Waals surface area contributed by atoms with Gasteiger partial charge in [-0.2, -0.15) is 0 Å². The number of imidazole rings is 1. The van der Waals surface area contributed by atoms with Crippen LogP contribution in [0.15, 0.2) is 6.20 Å². The van der Waals surface area contributed by atoms with Gasteiger partial charge >= 0.3 is 11.8 Å². The molecule has 2 rings (SSSR count). The molecule has 1 aliphatic rings. The Labute approximate surface area is 120 Å². The molecule has 1 N–H and O–H groups in total. The molecule has 0 aromatic carbocycles. The van der Waals surface area contributed by atoms with Gasteiger partial charge in [0.2, 0.25) is 11.7 Å². The lowest BCUT2D eigenvalue weighted by Crippen LogP contribution is -2.40. The molecule has 0 unspecified atom stereocenters. The van der Waals surface area contributed by atoms with Crippen LogP contribution in [0.4, 0.5) is 5.82 Å². The minimum Gasteiger partial charge on any atom is -0.480 e. The third kappa shape index (κ3) is 3.18. The van der Waals surface area contributed by atoms with Gasteiger partial charge in [0.15, 0.2) is 0 Å². The number of carbonyl (C=O) groups is 2. The van der Waals surface area contributed by atoms with Crippen LogP contribution in [-0.2, 0) is 16.1 Å². The summed E-state index contributed by atoms with van der Waals surface area (Å²) >= 11 is 0. The number of likely N-dealkylation sites (tertiary alicyclic amines) is 1. The summed E-state index contributed by atoms with van der Waals surface area (Å²) in [4.78, 5) is 38.3. The first-order valence-electron chi connectivity index (χ1n) is 6.60. The van der Waals surface area contributed by atoms with Gasteiger partial charge in [0.1, 0.15) is 12.2 Å². The maximum absolute atomic E-state index is 12.1. The molecule has 1 aliphatic heterocycles. The minimum absolute atomic E-state index is 0.0954. The third-order valence-corrected chi connectivity index (χ3v) is 3.58. The number of aromatic nitrogens is 2. The maximum atomic E-state index is 12.1. The smallest absolute Gasteiger partial charge is 0.381 e. The second-order valence-electron chi connectivity index (χ2n) is 4.93. The van der Waals surface area contributed by atoms with Crippen molar-refractivity contribution in [2.45, 2.75) is 38.8 Å². The van der Waals surface area contributed by atoms with E-state index in [1.54, 1.807) is 6.92 Å². The number of rotatable bonds is 5. The van der Waals surface area contributed by atoms with Crippen molar-refractivity contribution in [3.05, 3.63) is 22.1 Å². The average Bonchev–Trinajstić information content (AvgIpc) is 3.02. The highest BCUT2D eigenvalue weighted by Crippen LogP contribution is 2.19. The molecule has 0 aliphatic carbocycles. The van der Waals surface area contributed by atoms with Gasteiger partial charge in [0.25, 0.3) is 0 Å². The zero-order valence-corrected chi connectivity index (χ0v) is 11.6. The van der Waals surface area contributed by atoms with Crippen LogP contribution in [0.5, 0.6) is 0 Å². The van der Waals surface area contributed by atoms with Gasteiger partial charge in [-0.1, -0.05) is 0 Å². The summed E-state index contributed by atoms with van der Waals surface area (Å²) < 4.78 is 1.53. The summed E-state index contributed by atoms with van der Waals surface area (Å²) in [7, 11) is 0. The molecule has 0 saturated carbocycles. The number of amides is 1. The third-order valence-electron chi connectivity index (χ3n) is 3.58. The van der Waals surface area contributed by atoms with E-state index in [-0.39, 0.29) is 24.7 Å². The van der Waals surface area contributed by atoms with Crippen molar-refractivity contribution in [2.75, 3.05) is 6.54 Å². The quantitative estimate of drug-likeness (QED) is 0.626. The van der Waals surface area contributed by atoms with E-state index in [1.165, 1.54) is 15.7 Å². The van der Waals surface area contributed by atoms with Crippen molar-refractivity contribution in [3.63, 3.8) is 0 Å². The number of nitro groups is 1. The summed E-state index contributed by atoms with van der Waals surface area (Å²) in [5, 5.41) is 19.7. The molecule has 1 saturated heterocycles. The van der Waals surface area contributed by atoms with Crippen LogP contribution < -0.4 is 0 Å². The fraction of sp³-hybridized carbons (Fsp3) is 0.583. The molecule has 1 aromatic heterocycles. The van der Waals surface area contributed by atoms with Gasteiger partial charge in [0.05, 0.1) is 0 Å². The van der Waals surface area contributed by atoms with Crippen molar-refractivity contribution in [3.8, 4) is 0 Å². The normalized spacial score (nSPS) is 18.0. The monoisotopic (exact) mass is 296 g/mol. The number of hydrogen-bond acceptors (Lipinski definition) is 5. The first-order chi connectivity index (χ1) is 9.90. The molecular formula is C12H16N4O5. The second-order valence-corrected chi connectivity index (χ2v) is 4.93. The average molecular weight is 296 g/mol. The second kappa shape index (κ2) is 5.90. The van der Waals surface area contributed by atoms with Gasteiger partial charge in [-0.3, -0.25) is 4.79 Å². The number of carboxylic acid groups (broad SMARTS) is 1. The molecule has 0 radical (unpaired) electrons. The molecule has 1 amide bonds. The SMILES string of the molecule is Cc1nc([N+](=O)[O-])cn1CCC(=O)N1CCC[C@@H]1C(=O)O. The van der Waals surface area contributed by atoms with Crippen LogP contribution in [0.25, 0.3) is 0 Å². The molecule has 1 aromatic rings. The number of nitrogens with zero attached hydrogens (tertiary/aromatic N) is 4. The number of hydrogen-bond donors (Lipinski definition) is 1. The van der Waals surface area contributed by atoms with Crippen molar-refractivity contribution in [1.29, 1.82) is 0 Å². The molecule has 0 bridgehead atoms. The first-order valence-corrected chi connectivity index (χ1v) is 6.60. The Balaban J connectivity index is 1.98. The van der Waals surface area contributed by atoms with Crippen LogP contribution >= 0.6 is 0 Å². The largest absolute Gasteiger partial charge is 0.480 e. The van der Waals surface area contributed by atoms with E-state index in [0.717, 1.165) is 0 Å². The van der Waals surface area contributed by atoms with Crippen LogP contribution in [0.1, 0.15) is 25.1 Å². The summed E-state index contributed by atoms with van der Waals surface area (Å²) in [6.45, 7) is 2.31. The van der Waals surface area contributed by atoms with Crippen LogP contribution in [0.3, 0.4) is 0 Å². The Kier molecular flexibility index (Phi) is 4.20. The molecule has 1 fully saturated rings. The van der Waals surface area contributed by atoms with Gasteiger partial charge in [-0.25, -0.2) is 4.79 Å². The van der Waals surface area contributed by atoms with Gasteiger partial charge < -0.3 is 24.7 Å². The lowest BCUT2D eigenvalue weighted by molar-refractivity contribution is -0.389. The predicted octanol–water partition coefficient (Wildman–Crippen LogP) is 0.565. The molecule has 9 nitrogen and oxygen atoms in total. The summed E-state index contributed by atoms with van der Waals surface area (Å²) in [6, 6.07) is -0.754. The van der Waals surface area contributed by atoms with Crippen molar-refractivity contribution in [1.82, 2.24) is 14.5 Å². The minimum atomic E-state index is -0.990. The van der Waals surface area contributed by atoms with E-state index in [2.05, 4.69) is 4.98 Å². The van der Waals surface area contributed by atoms with Crippen LogP contribution in [0.2, 0.25) is 0 Å². The number of aliphatic carboxylic acids is 1. The van der Waals surface area contributed by atoms with E-state index in [1.807, 2.05) is 0 Å². The zero-order valence-electron chi connectivity index (χ0n) is 11.6. The number of carboxylic acids is 1. The Morgan fingerprint density at radius 1 is 1.57 bits per heavy atom. The van der Waals surface area contributed by atoms with Crippen molar-refractivity contribution < 1.29 is 19.6 Å². The summed E-state index contributed by atoms with van der Waals surface area (Å²) in [5.74, 6) is -1.05. The lowest BCUT2D eigenvalue weighted by Gasteiger charge is -2.21. The van der Waals surface area contributed by atoms with Crippen molar-refractivity contribution >= 4 is 17.7 Å². The van der Waals surface area contributed by atoms with Crippen LogP contribution in [-0.4, -0.2) is 48.9 Å². The van der Waals surface area contributed by atoms with E-state index in [0.29, 0.717) is 25.2 Å². The topological polar surface area (TPSA) is 119 Å². The molecule has 21 heavy (non-hydrogen) atoms.